The number of esters is 2. The van der Waals surface area contributed by atoms with E-state index in [0.29, 0.717) is 4.90 Å². The molecular weight excluding hydrogens is 394 g/mol. The number of fused-ring (bicyclic) bond motifs is 1. The number of nitro benzene ring substituents is 1. The van der Waals surface area contributed by atoms with E-state index < -0.39 is 22.1 Å². The van der Waals surface area contributed by atoms with Crippen molar-refractivity contribution in [2.45, 2.75) is 17.1 Å². The lowest BCUT2D eigenvalue weighted by Gasteiger charge is -2.14. The number of carbonyl (C=O) groups is 2. The molecule has 3 aromatic carbocycles. The summed E-state index contributed by atoms with van der Waals surface area (Å²) < 4.78 is 10.3. The van der Waals surface area contributed by atoms with Gasteiger partial charge in [0.25, 0.3) is 5.69 Å². The lowest BCUT2D eigenvalue weighted by Crippen LogP contribution is -2.21. The first-order valence-corrected chi connectivity index (χ1v) is 9.51. The van der Waals surface area contributed by atoms with Crippen molar-refractivity contribution in [3.8, 4) is 5.75 Å². The molecule has 0 heterocycles. The van der Waals surface area contributed by atoms with Gasteiger partial charge in [-0.2, -0.15) is 0 Å². The van der Waals surface area contributed by atoms with Crippen LogP contribution in [0.4, 0.5) is 5.69 Å². The first kappa shape index (κ1) is 20.3. The average molecular weight is 411 g/mol. The van der Waals surface area contributed by atoms with Crippen molar-refractivity contribution in [2.24, 2.45) is 0 Å². The van der Waals surface area contributed by atoms with E-state index in [-0.39, 0.29) is 17.0 Å². The molecule has 3 aromatic rings. The number of non-ortho nitro benzene ring substituents is 1. The number of hydrogen-bond acceptors (Lipinski definition) is 7. The van der Waals surface area contributed by atoms with Crippen LogP contribution in [0.3, 0.4) is 0 Å². The fraction of sp³-hybridized carbons (Fsp3) is 0.143. The zero-order valence-electron chi connectivity index (χ0n) is 15.7. The third-order valence-corrected chi connectivity index (χ3v) is 5.25. The van der Waals surface area contributed by atoms with Crippen molar-refractivity contribution < 1.29 is 24.0 Å². The van der Waals surface area contributed by atoms with Gasteiger partial charge in [0.1, 0.15) is 16.6 Å². The smallest absolute Gasteiger partial charge is 0.341 e. The largest absolute Gasteiger partial charge is 0.465 e. The Labute approximate surface area is 170 Å². The highest BCUT2D eigenvalue weighted by Gasteiger charge is 2.22. The SMILES string of the molecule is COC(=O)c1cc2ccccc2cc1OC(=O)C(C)Sc1ccc([N+](=O)[O-])cc1. The number of hydrogen-bond donors (Lipinski definition) is 0. The van der Waals surface area contributed by atoms with Crippen molar-refractivity contribution in [2.75, 3.05) is 7.11 Å². The first-order chi connectivity index (χ1) is 13.9. The second-order valence-corrected chi connectivity index (χ2v) is 7.53. The van der Waals surface area contributed by atoms with Gasteiger partial charge >= 0.3 is 11.9 Å². The van der Waals surface area contributed by atoms with E-state index in [4.69, 9.17) is 9.47 Å². The van der Waals surface area contributed by atoms with E-state index in [9.17, 15) is 19.7 Å². The van der Waals surface area contributed by atoms with Gasteiger partial charge < -0.3 is 9.47 Å². The van der Waals surface area contributed by atoms with Crippen LogP contribution in [0.2, 0.25) is 0 Å². The Morgan fingerprint density at radius 1 is 1.03 bits per heavy atom. The van der Waals surface area contributed by atoms with Gasteiger partial charge in [0.2, 0.25) is 0 Å². The van der Waals surface area contributed by atoms with E-state index in [1.165, 1.54) is 31.0 Å². The topological polar surface area (TPSA) is 95.7 Å². The molecule has 0 aliphatic carbocycles. The van der Waals surface area contributed by atoms with E-state index in [0.717, 1.165) is 10.8 Å². The summed E-state index contributed by atoms with van der Waals surface area (Å²) in [6.45, 7) is 1.66. The third kappa shape index (κ3) is 4.72. The average Bonchev–Trinajstić information content (AvgIpc) is 2.73. The van der Waals surface area contributed by atoms with Crippen LogP contribution in [-0.4, -0.2) is 29.2 Å². The predicted molar refractivity (Wildman–Crippen MR) is 109 cm³/mol. The summed E-state index contributed by atoms with van der Waals surface area (Å²) in [5.74, 6) is -1.03. The zero-order valence-corrected chi connectivity index (χ0v) is 16.5. The van der Waals surface area contributed by atoms with Crippen LogP contribution in [-0.2, 0) is 9.53 Å². The summed E-state index contributed by atoms with van der Waals surface area (Å²) in [5.41, 5.74) is 0.135. The lowest BCUT2D eigenvalue weighted by atomic mass is 10.1. The van der Waals surface area contributed by atoms with Crippen LogP contribution in [0.1, 0.15) is 17.3 Å². The normalized spacial score (nSPS) is 11.7. The molecule has 0 aliphatic rings. The molecule has 29 heavy (non-hydrogen) atoms. The third-order valence-electron chi connectivity index (χ3n) is 4.16. The number of methoxy groups -OCH3 is 1. The molecule has 1 unspecified atom stereocenters. The molecule has 0 radical (unpaired) electrons. The monoisotopic (exact) mass is 411 g/mol. The molecule has 0 saturated heterocycles. The molecule has 0 bridgehead atoms. The van der Waals surface area contributed by atoms with E-state index in [1.807, 2.05) is 24.3 Å². The van der Waals surface area contributed by atoms with Gasteiger partial charge in [0, 0.05) is 17.0 Å². The van der Waals surface area contributed by atoms with E-state index in [2.05, 4.69) is 0 Å². The maximum absolute atomic E-state index is 12.6. The molecule has 0 N–H and O–H groups in total. The number of thioether (sulfide) groups is 1. The van der Waals surface area contributed by atoms with E-state index >= 15 is 0 Å². The van der Waals surface area contributed by atoms with Crippen molar-refractivity contribution in [3.63, 3.8) is 0 Å². The van der Waals surface area contributed by atoms with Crippen LogP contribution in [0.25, 0.3) is 10.8 Å². The molecule has 0 saturated carbocycles. The van der Waals surface area contributed by atoms with Crippen molar-refractivity contribution in [1.82, 2.24) is 0 Å². The Balaban J connectivity index is 1.80. The fourth-order valence-electron chi connectivity index (χ4n) is 2.66. The van der Waals surface area contributed by atoms with Crippen LogP contribution < -0.4 is 4.74 Å². The van der Waals surface area contributed by atoms with Crippen LogP contribution >= 0.6 is 11.8 Å². The van der Waals surface area contributed by atoms with Gasteiger partial charge in [-0.25, -0.2) is 4.79 Å². The standard InChI is InChI=1S/C21H17NO6S/c1-13(29-17-9-7-16(8-10-17)22(25)26)20(23)28-19-12-15-6-4-3-5-14(15)11-18(19)21(24)27-2/h3-13H,1-2H3. The van der Waals surface area contributed by atoms with Gasteiger partial charge in [0.15, 0.2) is 0 Å². The molecule has 0 aliphatic heterocycles. The summed E-state index contributed by atoms with van der Waals surface area (Å²) in [6.07, 6.45) is 0. The Bertz CT molecular complexity index is 1080. The number of nitro groups is 1. The van der Waals surface area contributed by atoms with Crippen molar-refractivity contribution in [1.29, 1.82) is 0 Å². The summed E-state index contributed by atoms with van der Waals surface area (Å²) in [5, 5.41) is 11.8. The van der Waals surface area contributed by atoms with Crippen molar-refractivity contribution >= 4 is 40.2 Å². The van der Waals surface area contributed by atoms with Gasteiger partial charge in [0.05, 0.1) is 12.0 Å². The number of nitrogens with zero attached hydrogens (tertiary/aromatic N) is 1. The predicted octanol–water partition coefficient (Wildman–Crippen LogP) is 4.62. The van der Waals surface area contributed by atoms with E-state index in [1.54, 1.807) is 31.2 Å². The minimum absolute atomic E-state index is 0.0246. The number of ether oxygens (including phenoxy) is 2. The van der Waals surface area contributed by atoms with Crippen LogP contribution in [0, 0.1) is 10.1 Å². The molecule has 148 valence electrons. The highest BCUT2D eigenvalue weighted by Crippen LogP contribution is 2.30. The van der Waals surface area contributed by atoms with Gasteiger partial charge in [-0.15, -0.1) is 11.8 Å². The minimum atomic E-state index is -0.603. The second kappa shape index (κ2) is 8.74. The Morgan fingerprint density at radius 2 is 1.66 bits per heavy atom. The summed E-state index contributed by atoms with van der Waals surface area (Å²) in [6, 6.07) is 16.5. The zero-order chi connectivity index (χ0) is 21.0. The quantitative estimate of drug-likeness (QED) is 0.192. The molecule has 1 atom stereocenters. The minimum Gasteiger partial charge on any atom is -0.465 e. The van der Waals surface area contributed by atoms with Gasteiger partial charge in [-0.3, -0.25) is 14.9 Å². The summed E-state index contributed by atoms with van der Waals surface area (Å²) in [7, 11) is 1.26. The number of rotatable bonds is 6. The highest BCUT2D eigenvalue weighted by molar-refractivity contribution is 8.00. The molecular formula is C21H17NO6S. The Hall–Kier alpha value is -3.39. The van der Waals surface area contributed by atoms with Crippen molar-refractivity contribution in [3.05, 3.63) is 76.3 Å². The first-order valence-electron chi connectivity index (χ1n) is 8.63. The second-order valence-electron chi connectivity index (χ2n) is 6.12. The van der Waals surface area contributed by atoms with Crippen LogP contribution in [0.15, 0.2) is 65.6 Å². The number of carbonyl (C=O) groups excluding carboxylic acids is 2. The Morgan fingerprint density at radius 3 is 2.24 bits per heavy atom. The highest BCUT2D eigenvalue weighted by atomic mass is 32.2. The van der Waals surface area contributed by atoms with Crippen LogP contribution in [0.5, 0.6) is 5.75 Å². The summed E-state index contributed by atoms with van der Waals surface area (Å²) >= 11 is 1.20. The molecule has 3 rings (SSSR count). The van der Waals surface area contributed by atoms with Gasteiger partial charge in [-0.1, -0.05) is 24.3 Å². The molecule has 0 amide bonds. The van der Waals surface area contributed by atoms with Gasteiger partial charge in [-0.05, 0) is 42.0 Å². The Kier molecular flexibility index (Phi) is 6.13. The molecule has 0 fully saturated rings. The molecule has 0 aromatic heterocycles. The summed E-state index contributed by atoms with van der Waals surface area (Å²) in [4.78, 5) is 35.7. The molecule has 7 nitrogen and oxygen atoms in total. The lowest BCUT2D eigenvalue weighted by molar-refractivity contribution is -0.384. The maximum atomic E-state index is 12.6. The fourth-order valence-corrected chi connectivity index (χ4v) is 3.51. The number of benzene rings is 3. The molecule has 8 heteroatoms. The molecule has 0 spiro atoms. The maximum Gasteiger partial charge on any atom is 0.341 e.